The molecule has 1 unspecified atom stereocenters. The molecule has 0 aliphatic rings. The summed E-state index contributed by atoms with van der Waals surface area (Å²) in [5.41, 5.74) is 6.00. The molecule has 0 bridgehead atoms. The molecule has 0 fully saturated rings. The van der Waals surface area contributed by atoms with Crippen LogP contribution in [0.15, 0.2) is 30.3 Å². The van der Waals surface area contributed by atoms with Crippen molar-refractivity contribution in [2.24, 2.45) is 5.73 Å². The molecule has 122 valence electrons. The van der Waals surface area contributed by atoms with E-state index in [1.165, 1.54) is 0 Å². The summed E-state index contributed by atoms with van der Waals surface area (Å²) in [5, 5.41) is 0. The van der Waals surface area contributed by atoms with Crippen LogP contribution in [0.25, 0.3) is 0 Å². The number of benzene rings is 1. The molecule has 1 aromatic carbocycles. The van der Waals surface area contributed by atoms with E-state index in [1.54, 1.807) is 30.3 Å². The lowest BCUT2D eigenvalue weighted by atomic mass is 10.1. The lowest BCUT2D eigenvalue weighted by molar-refractivity contribution is -0.148. The van der Waals surface area contributed by atoms with E-state index >= 15 is 0 Å². The Hall–Kier alpha value is -1.93. The second-order valence-corrected chi connectivity index (χ2v) is 6.61. The maximum Gasteiger partial charge on any atom is 0.330 e. The number of carbonyl (C=O) groups excluding carboxylic acids is 2. The van der Waals surface area contributed by atoms with Crippen LogP contribution >= 0.6 is 0 Å². The van der Waals surface area contributed by atoms with E-state index in [0.29, 0.717) is 9.87 Å². The first kappa shape index (κ1) is 18.1. The fourth-order valence-corrected chi connectivity index (χ4v) is 3.53. The molecule has 2 N–H and O–H groups in total. The molecule has 0 heterocycles. The first-order valence-electron chi connectivity index (χ1n) is 6.68. The maximum absolute atomic E-state index is 12.2. The van der Waals surface area contributed by atoms with Crippen LogP contribution in [0.1, 0.15) is 12.5 Å². The zero-order valence-corrected chi connectivity index (χ0v) is 13.4. The van der Waals surface area contributed by atoms with Crippen molar-refractivity contribution in [3.8, 4) is 0 Å². The number of nitrogens with two attached hydrogens (primary N) is 1. The van der Waals surface area contributed by atoms with Crippen molar-refractivity contribution in [2.45, 2.75) is 19.4 Å². The highest BCUT2D eigenvalue weighted by atomic mass is 32.2. The Morgan fingerprint density at radius 3 is 2.32 bits per heavy atom. The number of ether oxygens (including phenoxy) is 1. The minimum atomic E-state index is -3.99. The van der Waals surface area contributed by atoms with E-state index in [0.717, 1.165) is 14.0 Å². The van der Waals surface area contributed by atoms with Crippen LogP contribution in [0.4, 0.5) is 0 Å². The molecule has 1 atom stereocenters. The number of carbonyl (C=O) groups is 2. The number of hydrogen-bond acceptors (Lipinski definition) is 6. The van der Waals surface area contributed by atoms with Crippen molar-refractivity contribution in [3.05, 3.63) is 35.9 Å². The number of sulfonamides is 1. The standard InChI is InChI=1S/C14H20N2O5S/c1-11(17)16(22(19,20)9-8-15)13(14(18)21-2)10-12-6-4-3-5-7-12/h3-7,13H,8-10,15H2,1-2H3. The normalized spacial score (nSPS) is 12.5. The van der Waals surface area contributed by atoms with E-state index < -0.39 is 33.7 Å². The van der Waals surface area contributed by atoms with Crippen molar-refractivity contribution >= 4 is 21.9 Å². The van der Waals surface area contributed by atoms with E-state index in [-0.39, 0.29) is 13.0 Å². The van der Waals surface area contributed by atoms with Gasteiger partial charge >= 0.3 is 5.97 Å². The fourth-order valence-electron chi connectivity index (χ4n) is 2.09. The third-order valence-electron chi connectivity index (χ3n) is 3.01. The molecule has 0 saturated heterocycles. The van der Waals surface area contributed by atoms with Gasteiger partial charge in [0.1, 0.15) is 6.04 Å². The lowest BCUT2D eigenvalue weighted by Crippen LogP contribution is -2.50. The van der Waals surface area contributed by atoms with Gasteiger partial charge in [0, 0.05) is 19.9 Å². The molecule has 0 saturated carbocycles. The van der Waals surface area contributed by atoms with Gasteiger partial charge in [-0.15, -0.1) is 0 Å². The number of esters is 1. The second-order valence-electron chi connectivity index (χ2n) is 4.65. The summed E-state index contributed by atoms with van der Waals surface area (Å²) >= 11 is 0. The average Bonchev–Trinajstić information content (AvgIpc) is 2.46. The Balaban J connectivity index is 3.22. The van der Waals surface area contributed by atoms with Gasteiger partial charge in [-0.05, 0) is 5.56 Å². The predicted octanol–water partition coefficient (Wildman–Crippen LogP) is -0.0923. The molecular formula is C14H20N2O5S. The highest BCUT2D eigenvalue weighted by Gasteiger charge is 2.37. The molecule has 0 aromatic heterocycles. The van der Waals surface area contributed by atoms with Crippen LogP contribution in [0.5, 0.6) is 0 Å². The molecule has 0 radical (unpaired) electrons. The Morgan fingerprint density at radius 2 is 1.86 bits per heavy atom. The Labute approximate surface area is 130 Å². The monoisotopic (exact) mass is 328 g/mol. The van der Waals surface area contributed by atoms with Gasteiger partial charge < -0.3 is 10.5 Å². The summed E-state index contributed by atoms with van der Waals surface area (Å²) in [5.74, 6) is -1.96. The quantitative estimate of drug-likeness (QED) is 0.701. The Bertz CT molecular complexity index is 615. The van der Waals surface area contributed by atoms with Gasteiger partial charge in [-0.3, -0.25) is 4.79 Å². The lowest BCUT2D eigenvalue weighted by Gasteiger charge is -2.28. The summed E-state index contributed by atoms with van der Waals surface area (Å²) in [6.45, 7) is 0.945. The number of methoxy groups -OCH3 is 1. The molecule has 0 spiro atoms. The van der Waals surface area contributed by atoms with Crippen molar-refractivity contribution in [1.29, 1.82) is 0 Å². The summed E-state index contributed by atoms with van der Waals surface area (Å²) in [6, 6.07) is 7.55. The van der Waals surface area contributed by atoms with Crippen LogP contribution < -0.4 is 5.73 Å². The van der Waals surface area contributed by atoms with Gasteiger partial charge in [-0.2, -0.15) is 0 Å². The number of hydrogen-bond donors (Lipinski definition) is 1. The van der Waals surface area contributed by atoms with Crippen LogP contribution in [-0.2, 0) is 30.8 Å². The van der Waals surface area contributed by atoms with Gasteiger partial charge in [-0.1, -0.05) is 30.3 Å². The first-order chi connectivity index (χ1) is 10.3. The topological polar surface area (TPSA) is 107 Å². The predicted molar refractivity (Wildman–Crippen MR) is 81.3 cm³/mol. The Kier molecular flexibility index (Phi) is 6.51. The molecular weight excluding hydrogens is 308 g/mol. The van der Waals surface area contributed by atoms with E-state index in [2.05, 4.69) is 4.74 Å². The number of amides is 1. The molecule has 1 amide bonds. The zero-order chi connectivity index (χ0) is 16.8. The summed E-state index contributed by atoms with van der Waals surface area (Å²) in [4.78, 5) is 23.8. The zero-order valence-electron chi connectivity index (χ0n) is 12.6. The largest absolute Gasteiger partial charge is 0.467 e. The smallest absolute Gasteiger partial charge is 0.330 e. The van der Waals surface area contributed by atoms with Gasteiger partial charge in [0.05, 0.1) is 12.9 Å². The maximum atomic E-state index is 12.2. The van der Waals surface area contributed by atoms with E-state index in [4.69, 9.17) is 5.73 Å². The SMILES string of the molecule is COC(=O)C(Cc1ccccc1)N(C(C)=O)S(=O)(=O)CCN. The van der Waals surface area contributed by atoms with Crippen molar-refractivity contribution in [2.75, 3.05) is 19.4 Å². The number of nitrogens with zero attached hydrogens (tertiary/aromatic N) is 1. The third kappa shape index (κ3) is 4.54. The highest BCUT2D eigenvalue weighted by molar-refractivity contribution is 7.89. The Morgan fingerprint density at radius 1 is 1.27 bits per heavy atom. The van der Waals surface area contributed by atoms with E-state index in [1.807, 2.05) is 0 Å². The van der Waals surface area contributed by atoms with E-state index in [9.17, 15) is 18.0 Å². The summed E-state index contributed by atoms with van der Waals surface area (Å²) < 4.78 is 29.7. The fraction of sp³-hybridized carbons (Fsp3) is 0.429. The van der Waals surface area contributed by atoms with Crippen molar-refractivity contribution in [3.63, 3.8) is 0 Å². The second kappa shape index (κ2) is 7.90. The molecule has 0 aliphatic heterocycles. The van der Waals surface area contributed by atoms with Gasteiger partial charge in [0.15, 0.2) is 0 Å². The van der Waals surface area contributed by atoms with Crippen molar-refractivity contribution in [1.82, 2.24) is 4.31 Å². The molecule has 22 heavy (non-hydrogen) atoms. The van der Waals surface area contributed by atoms with Crippen molar-refractivity contribution < 1.29 is 22.7 Å². The third-order valence-corrected chi connectivity index (χ3v) is 4.88. The first-order valence-corrected chi connectivity index (χ1v) is 8.29. The molecule has 8 heteroatoms. The summed E-state index contributed by atoms with van der Waals surface area (Å²) in [6.07, 6.45) is 0.0386. The number of rotatable bonds is 7. The van der Waals surface area contributed by atoms with Crippen LogP contribution in [0.2, 0.25) is 0 Å². The summed E-state index contributed by atoms with van der Waals surface area (Å²) in [7, 11) is -2.84. The van der Waals surface area contributed by atoms with Gasteiger partial charge in [0.2, 0.25) is 15.9 Å². The molecule has 0 aliphatic carbocycles. The minimum Gasteiger partial charge on any atom is -0.467 e. The molecule has 7 nitrogen and oxygen atoms in total. The van der Waals surface area contributed by atoms with Gasteiger partial charge in [-0.25, -0.2) is 17.5 Å². The van der Waals surface area contributed by atoms with Crippen LogP contribution in [0.3, 0.4) is 0 Å². The van der Waals surface area contributed by atoms with Gasteiger partial charge in [0.25, 0.3) is 0 Å². The minimum absolute atomic E-state index is 0.0386. The highest BCUT2D eigenvalue weighted by Crippen LogP contribution is 2.15. The van der Waals surface area contributed by atoms with Crippen LogP contribution in [-0.4, -0.2) is 50.0 Å². The van der Waals surface area contributed by atoms with Crippen LogP contribution in [0, 0.1) is 0 Å². The average molecular weight is 328 g/mol. The molecule has 1 aromatic rings. The molecule has 1 rings (SSSR count).